The van der Waals surface area contributed by atoms with Gasteiger partial charge in [0.15, 0.2) is 0 Å². The van der Waals surface area contributed by atoms with Gasteiger partial charge in [0, 0.05) is 23.0 Å². The number of rotatable bonds is 4. The van der Waals surface area contributed by atoms with E-state index in [1.165, 1.54) is 0 Å². The quantitative estimate of drug-likeness (QED) is 0.671. The van der Waals surface area contributed by atoms with Gasteiger partial charge in [-0.1, -0.05) is 11.6 Å². The van der Waals surface area contributed by atoms with Crippen LogP contribution in [-0.4, -0.2) is 12.5 Å². The van der Waals surface area contributed by atoms with E-state index >= 15 is 0 Å². The second-order valence-corrected chi connectivity index (χ2v) is 4.45. The Balaban J connectivity index is 2.53. The molecule has 0 saturated carbocycles. The zero-order valence-electron chi connectivity index (χ0n) is 8.59. The fourth-order valence-corrected chi connectivity index (χ4v) is 1.56. The third-order valence-electron chi connectivity index (χ3n) is 1.97. The van der Waals surface area contributed by atoms with Crippen LogP contribution in [0, 0.1) is 12.3 Å². The second-order valence-electron chi connectivity index (χ2n) is 3.19. The van der Waals surface area contributed by atoms with Gasteiger partial charge in [-0.05, 0) is 40.5 Å². The lowest BCUT2D eigenvalue weighted by molar-refractivity contribution is 0.0953. The zero-order valence-corrected chi connectivity index (χ0v) is 10.9. The van der Waals surface area contributed by atoms with Crippen LogP contribution in [0.1, 0.15) is 23.2 Å². The van der Waals surface area contributed by atoms with Crippen molar-refractivity contribution in [3.05, 3.63) is 33.3 Å². The van der Waals surface area contributed by atoms with Gasteiger partial charge in [0.2, 0.25) is 0 Å². The number of hydrogen-bond acceptors (Lipinski definition) is 1. The minimum Gasteiger partial charge on any atom is -0.352 e. The molecule has 1 N–H and O–H groups in total. The number of nitrogens with one attached hydrogen (secondary N) is 1. The number of carbonyl (C=O) groups is 1. The van der Waals surface area contributed by atoms with E-state index in [0.29, 0.717) is 23.6 Å². The van der Waals surface area contributed by atoms with Crippen LogP contribution in [0.4, 0.5) is 0 Å². The van der Waals surface area contributed by atoms with E-state index in [9.17, 15) is 4.79 Å². The summed E-state index contributed by atoms with van der Waals surface area (Å²) < 4.78 is 0.776. The van der Waals surface area contributed by atoms with Crippen LogP contribution in [0.3, 0.4) is 0 Å². The molecular formula is C12H11BrClNO. The van der Waals surface area contributed by atoms with Gasteiger partial charge in [-0.15, -0.1) is 12.3 Å². The maximum absolute atomic E-state index is 11.6. The molecule has 0 fully saturated rings. The summed E-state index contributed by atoms with van der Waals surface area (Å²) in [4.78, 5) is 11.6. The maximum Gasteiger partial charge on any atom is 0.251 e. The molecule has 16 heavy (non-hydrogen) atoms. The lowest BCUT2D eigenvalue weighted by Crippen LogP contribution is -2.24. The van der Waals surface area contributed by atoms with Crippen molar-refractivity contribution < 1.29 is 4.79 Å². The fraction of sp³-hybridized carbons (Fsp3) is 0.250. The Hall–Kier alpha value is -0.980. The van der Waals surface area contributed by atoms with Crippen molar-refractivity contribution in [1.82, 2.24) is 5.32 Å². The second kappa shape index (κ2) is 6.57. The third-order valence-corrected chi connectivity index (χ3v) is 3.20. The number of halogens is 2. The molecule has 0 aromatic heterocycles. The molecule has 0 aliphatic heterocycles. The molecule has 1 aromatic rings. The highest BCUT2D eigenvalue weighted by Crippen LogP contribution is 2.23. The Kier molecular flexibility index (Phi) is 5.37. The van der Waals surface area contributed by atoms with Crippen LogP contribution in [0.2, 0.25) is 5.02 Å². The van der Waals surface area contributed by atoms with E-state index in [4.69, 9.17) is 18.0 Å². The monoisotopic (exact) mass is 299 g/mol. The molecule has 0 atom stereocenters. The number of benzene rings is 1. The Bertz CT molecular complexity index is 426. The van der Waals surface area contributed by atoms with E-state index in [1.807, 2.05) is 0 Å². The highest BCUT2D eigenvalue weighted by molar-refractivity contribution is 9.10. The summed E-state index contributed by atoms with van der Waals surface area (Å²) in [5.41, 5.74) is 0.550. The minimum absolute atomic E-state index is 0.133. The van der Waals surface area contributed by atoms with Crippen molar-refractivity contribution in [1.29, 1.82) is 0 Å². The minimum atomic E-state index is -0.133. The standard InChI is InChI=1S/C12H11BrClNO/c1-2-3-4-7-15-12(16)9-5-6-10(13)11(14)8-9/h1,5-6,8H,3-4,7H2,(H,15,16). The van der Waals surface area contributed by atoms with E-state index in [2.05, 4.69) is 27.2 Å². The van der Waals surface area contributed by atoms with Crippen LogP contribution in [0.25, 0.3) is 0 Å². The highest BCUT2D eigenvalue weighted by Gasteiger charge is 2.06. The van der Waals surface area contributed by atoms with Gasteiger partial charge in [-0.3, -0.25) is 4.79 Å². The zero-order chi connectivity index (χ0) is 12.0. The molecule has 0 aliphatic rings. The smallest absolute Gasteiger partial charge is 0.251 e. The Labute approximate surface area is 109 Å². The summed E-state index contributed by atoms with van der Waals surface area (Å²) in [6.07, 6.45) is 6.56. The summed E-state index contributed by atoms with van der Waals surface area (Å²) in [7, 11) is 0. The first-order valence-corrected chi connectivity index (χ1v) is 5.99. The van der Waals surface area contributed by atoms with Crippen molar-refractivity contribution in [3.63, 3.8) is 0 Å². The molecule has 0 aliphatic carbocycles. The summed E-state index contributed by atoms with van der Waals surface area (Å²) in [6, 6.07) is 5.09. The van der Waals surface area contributed by atoms with Crippen LogP contribution in [0.5, 0.6) is 0 Å². The van der Waals surface area contributed by atoms with Crippen molar-refractivity contribution in [2.75, 3.05) is 6.54 Å². The van der Waals surface area contributed by atoms with E-state index in [1.54, 1.807) is 18.2 Å². The Morgan fingerprint density at radius 1 is 1.56 bits per heavy atom. The van der Waals surface area contributed by atoms with Gasteiger partial charge in [0.25, 0.3) is 5.91 Å². The lowest BCUT2D eigenvalue weighted by atomic mass is 10.2. The molecule has 1 aromatic carbocycles. The number of carbonyl (C=O) groups excluding carboxylic acids is 1. The first-order valence-electron chi connectivity index (χ1n) is 4.82. The molecule has 1 rings (SSSR count). The SMILES string of the molecule is C#CCCCNC(=O)c1ccc(Br)c(Cl)c1. The van der Waals surface area contributed by atoms with E-state index in [0.717, 1.165) is 10.9 Å². The topological polar surface area (TPSA) is 29.1 Å². The molecule has 0 radical (unpaired) electrons. The van der Waals surface area contributed by atoms with Crippen molar-refractivity contribution in [2.45, 2.75) is 12.8 Å². The molecule has 0 saturated heterocycles. The largest absolute Gasteiger partial charge is 0.352 e. The van der Waals surface area contributed by atoms with Crippen LogP contribution >= 0.6 is 27.5 Å². The molecule has 0 unspecified atom stereocenters. The summed E-state index contributed by atoms with van der Waals surface area (Å²) in [5, 5.41) is 3.30. The van der Waals surface area contributed by atoms with Gasteiger partial charge < -0.3 is 5.32 Å². The molecule has 84 valence electrons. The van der Waals surface area contributed by atoms with Gasteiger partial charge >= 0.3 is 0 Å². The summed E-state index contributed by atoms with van der Waals surface area (Å²) in [5.74, 6) is 2.39. The predicted molar refractivity (Wildman–Crippen MR) is 69.6 cm³/mol. The normalized spacial score (nSPS) is 9.56. The molecule has 0 spiro atoms. The summed E-state index contributed by atoms with van der Waals surface area (Å²) >= 11 is 9.15. The molecule has 1 amide bonds. The van der Waals surface area contributed by atoms with E-state index < -0.39 is 0 Å². The molecule has 0 heterocycles. The Morgan fingerprint density at radius 3 is 2.94 bits per heavy atom. The van der Waals surface area contributed by atoms with Crippen LogP contribution in [0.15, 0.2) is 22.7 Å². The Morgan fingerprint density at radius 2 is 2.31 bits per heavy atom. The highest BCUT2D eigenvalue weighted by atomic mass is 79.9. The predicted octanol–water partition coefficient (Wildman–Crippen LogP) is 3.25. The van der Waals surface area contributed by atoms with E-state index in [-0.39, 0.29) is 5.91 Å². The number of amides is 1. The fourth-order valence-electron chi connectivity index (χ4n) is 1.13. The average Bonchev–Trinajstić information content (AvgIpc) is 2.28. The first kappa shape index (κ1) is 13.1. The van der Waals surface area contributed by atoms with Crippen molar-refractivity contribution in [2.24, 2.45) is 0 Å². The van der Waals surface area contributed by atoms with Gasteiger partial charge in [-0.2, -0.15) is 0 Å². The molecular weight excluding hydrogens is 289 g/mol. The van der Waals surface area contributed by atoms with Gasteiger partial charge in [-0.25, -0.2) is 0 Å². The molecule has 2 nitrogen and oxygen atoms in total. The van der Waals surface area contributed by atoms with Crippen LogP contribution < -0.4 is 5.32 Å². The lowest BCUT2D eigenvalue weighted by Gasteiger charge is -2.05. The number of terminal acetylenes is 1. The van der Waals surface area contributed by atoms with Gasteiger partial charge in [0.1, 0.15) is 0 Å². The number of hydrogen-bond donors (Lipinski definition) is 1. The van der Waals surface area contributed by atoms with Crippen molar-refractivity contribution >= 4 is 33.4 Å². The molecule has 0 bridgehead atoms. The maximum atomic E-state index is 11.6. The first-order chi connectivity index (χ1) is 7.65. The van der Waals surface area contributed by atoms with Crippen LogP contribution in [-0.2, 0) is 0 Å². The van der Waals surface area contributed by atoms with Gasteiger partial charge in [0.05, 0.1) is 5.02 Å². The molecule has 4 heteroatoms. The summed E-state index contributed by atoms with van der Waals surface area (Å²) in [6.45, 7) is 0.580. The third kappa shape index (κ3) is 3.88. The van der Waals surface area contributed by atoms with Crippen molar-refractivity contribution in [3.8, 4) is 12.3 Å². The number of unbranched alkanes of at least 4 members (excludes halogenated alkanes) is 1. The average molecular weight is 301 g/mol.